The Kier molecular flexibility index (Phi) is 9.72. The summed E-state index contributed by atoms with van der Waals surface area (Å²) in [7, 11) is 0. The molecule has 7 N–H and O–H groups in total. The first kappa shape index (κ1) is 35.4. The minimum Gasteiger partial charge on any atom is -0.396 e. The van der Waals surface area contributed by atoms with E-state index in [-0.39, 0.29) is 11.8 Å². The summed E-state index contributed by atoms with van der Waals surface area (Å²) < 4.78 is 3.83. The number of para-hydroxylation sites is 3. The second kappa shape index (κ2) is 15.4. The third-order valence-electron chi connectivity index (χ3n) is 9.90. The molecule has 0 unspecified atom stereocenters. The smallest absolute Gasteiger partial charge is 0.229 e. The van der Waals surface area contributed by atoms with Gasteiger partial charge in [0.15, 0.2) is 0 Å². The summed E-state index contributed by atoms with van der Waals surface area (Å²) in [4.78, 5) is 4.62. The number of hydrogen-bond acceptors (Lipinski definition) is 3. The topological polar surface area (TPSA) is 124 Å². The van der Waals surface area contributed by atoms with E-state index in [9.17, 15) is 5.41 Å². The summed E-state index contributed by atoms with van der Waals surface area (Å²) in [5.41, 5.74) is 32.0. The number of nitrogen functional groups attached to an aromatic ring is 2. The minimum atomic E-state index is -0.0743. The fraction of sp³-hybridized carbons (Fsp3) is 0.0204. The van der Waals surface area contributed by atoms with Crippen molar-refractivity contribution in [2.24, 2.45) is 10.7 Å². The molecule has 2 aromatic heterocycles. The number of hydrogen-bond donors (Lipinski definition) is 4. The number of aryl methyl sites for hydroxylation is 1. The van der Waals surface area contributed by atoms with E-state index < -0.39 is 0 Å². The monoisotopic (exact) mass is 727 g/mol. The van der Waals surface area contributed by atoms with Gasteiger partial charge in [0, 0.05) is 22.0 Å². The first-order chi connectivity index (χ1) is 27.4. The van der Waals surface area contributed by atoms with E-state index >= 15 is 0 Å². The van der Waals surface area contributed by atoms with Gasteiger partial charge in [-0.3, -0.25) is 9.98 Å². The number of rotatable bonds is 5. The lowest BCUT2D eigenvalue weighted by Crippen LogP contribution is -2.20. The lowest BCUT2D eigenvalue weighted by Gasteiger charge is -2.15. The van der Waals surface area contributed by atoms with Crippen molar-refractivity contribution in [2.75, 3.05) is 11.5 Å². The summed E-state index contributed by atoms with van der Waals surface area (Å²) in [5.74, 6) is 0.149. The van der Waals surface area contributed by atoms with Gasteiger partial charge < -0.3 is 21.8 Å². The molecule has 7 aromatic carbocycles. The SMILES string of the molecule is Cc1cccc(-c2ccccc2)c1.N=C(/N=C(\N)c1cccc(-c2ccccc2)c1)n1c(-c2c(N)c3ccccc3n2-c2ccccc2)c(N)c2ccccc21. The number of aromatic nitrogens is 2. The molecule has 9 rings (SSSR count). The average molecular weight is 728 g/mol. The van der Waals surface area contributed by atoms with E-state index in [0.717, 1.165) is 44.2 Å². The molecule has 0 bridgehead atoms. The van der Waals surface area contributed by atoms with Gasteiger partial charge in [-0.1, -0.05) is 163 Å². The van der Waals surface area contributed by atoms with Gasteiger partial charge >= 0.3 is 0 Å². The Morgan fingerprint density at radius 1 is 0.500 bits per heavy atom. The third-order valence-corrected chi connectivity index (χ3v) is 9.90. The predicted octanol–water partition coefficient (Wildman–Crippen LogP) is 10.9. The molecule has 56 heavy (non-hydrogen) atoms. The number of nitrogens with two attached hydrogens (primary N) is 3. The Morgan fingerprint density at radius 3 is 1.61 bits per heavy atom. The zero-order chi connectivity index (χ0) is 38.6. The van der Waals surface area contributed by atoms with Crippen molar-refractivity contribution >= 4 is 45.0 Å². The maximum absolute atomic E-state index is 9.28. The van der Waals surface area contributed by atoms with E-state index in [1.165, 1.54) is 16.7 Å². The van der Waals surface area contributed by atoms with Crippen LogP contribution in [0, 0.1) is 12.3 Å². The molecule has 0 amide bonds. The maximum atomic E-state index is 9.28. The predicted molar refractivity (Wildman–Crippen MR) is 235 cm³/mol. The molecule has 0 atom stereocenters. The van der Waals surface area contributed by atoms with E-state index in [2.05, 4.69) is 65.0 Å². The average Bonchev–Trinajstić information content (AvgIpc) is 3.71. The largest absolute Gasteiger partial charge is 0.396 e. The van der Waals surface area contributed by atoms with Gasteiger partial charge in [-0.2, -0.15) is 4.99 Å². The van der Waals surface area contributed by atoms with Crippen molar-refractivity contribution in [1.82, 2.24) is 9.13 Å². The second-order valence-electron chi connectivity index (χ2n) is 13.6. The van der Waals surface area contributed by atoms with Gasteiger partial charge in [0.1, 0.15) is 5.84 Å². The highest BCUT2D eigenvalue weighted by molar-refractivity contribution is 6.14. The van der Waals surface area contributed by atoms with Crippen LogP contribution in [0.4, 0.5) is 11.4 Å². The van der Waals surface area contributed by atoms with Crippen LogP contribution < -0.4 is 17.2 Å². The molecule has 9 aromatic rings. The third kappa shape index (κ3) is 6.81. The first-order valence-corrected chi connectivity index (χ1v) is 18.4. The molecule has 0 fully saturated rings. The van der Waals surface area contributed by atoms with Gasteiger partial charge in [-0.05, 0) is 59.5 Å². The van der Waals surface area contributed by atoms with Crippen LogP contribution in [0.5, 0.6) is 0 Å². The standard InChI is InChI=1S/C36H29N7.C13H12/c37-31-27-18-7-9-20-29(27)42(26-16-5-2-6-17-26)33(31)34-32(38)28-19-8-10-21-30(28)43(34)36(40)41-35(39)25-15-11-14-24(22-25)23-12-3-1-4-13-23;1-11-6-5-9-13(10-11)12-7-3-2-4-8-12/h1-22H,37-38H2,(H3,39,40,41);2-10H,1H3. The van der Waals surface area contributed by atoms with Crippen molar-refractivity contribution in [3.63, 3.8) is 0 Å². The van der Waals surface area contributed by atoms with Gasteiger partial charge in [0.2, 0.25) is 5.96 Å². The van der Waals surface area contributed by atoms with Gasteiger partial charge in [0.05, 0.1) is 33.8 Å². The molecule has 0 saturated heterocycles. The normalized spacial score (nSPS) is 11.3. The quantitative estimate of drug-likeness (QED) is 0.104. The minimum absolute atomic E-state index is 0.0743. The van der Waals surface area contributed by atoms with Crippen LogP contribution in [0.2, 0.25) is 0 Å². The highest BCUT2D eigenvalue weighted by atomic mass is 15.2. The lowest BCUT2D eigenvalue weighted by molar-refractivity contribution is 1.08. The van der Waals surface area contributed by atoms with Crippen molar-refractivity contribution in [2.45, 2.75) is 6.92 Å². The van der Waals surface area contributed by atoms with Gasteiger partial charge in [-0.15, -0.1) is 0 Å². The molecule has 0 spiro atoms. The molecular formula is C49H41N7. The van der Waals surface area contributed by atoms with Crippen LogP contribution in [0.1, 0.15) is 11.1 Å². The van der Waals surface area contributed by atoms with Gasteiger partial charge in [0.25, 0.3) is 0 Å². The summed E-state index contributed by atoms with van der Waals surface area (Å²) in [6.45, 7) is 2.12. The Labute approximate surface area is 326 Å². The van der Waals surface area contributed by atoms with E-state index in [4.69, 9.17) is 17.2 Å². The van der Waals surface area contributed by atoms with Crippen molar-refractivity contribution < 1.29 is 0 Å². The highest BCUT2D eigenvalue weighted by Crippen LogP contribution is 2.44. The molecule has 272 valence electrons. The molecule has 7 heteroatoms. The van der Waals surface area contributed by atoms with Crippen LogP contribution in [0.25, 0.3) is 61.1 Å². The van der Waals surface area contributed by atoms with Crippen molar-refractivity contribution in [3.8, 4) is 39.3 Å². The zero-order valence-electron chi connectivity index (χ0n) is 31.0. The molecule has 0 saturated carbocycles. The molecular weight excluding hydrogens is 687 g/mol. The van der Waals surface area contributed by atoms with E-state index in [1.54, 1.807) is 4.57 Å². The van der Waals surface area contributed by atoms with Gasteiger partial charge in [-0.25, -0.2) is 0 Å². The second-order valence-corrected chi connectivity index (χ2v) is 13.6. The fourth-order valence-electron chi connectivity index (χ4n) is 7.23. The van der Waals surface area contributed by atoms with Crippen LogP contribution in [-0.2, 0) is 0 Å². The van der Waals surface area contributed by atoms with Crippen molar-refractivity contribution in [1.29, 1.82) is 5.41 Å². The van der Waals surface area contributed by atoms with E-state index in [0.29, 0.717) is 22.8 Å². The summed E-state index contributed by atoms with van der Waals surface area (Å²) in [5, 5.41) is 11.0. The summed E-state index contributed by atoms with van der Waals surface area (Å²) >= 11 is 0. The van der Waals surface area contributed by atoms with Crippen LogP contribution in [-0.4, -0.2) is 20.9 Å². The number of aliphatic imine (C=N–C) groups is 1. The zero-order valence-corrected chi connectivity index (χ0v) is 31.0. The number of anilines is 2. The number of fused-ring (bicyclic) bond motifs is 2. The number of amidine groups is 1. The highest BCUT2D eigenvalue weighted by Gasteiger charge is 2.27. The molecule has 0 radical (unpaired) electrons. The Hall–Kier alpha value is -7.64. The summed E-state index contributed by atoms with van der Waals surface area (Å²) in [6.07, 6.45) is 0. The number of benzene rings is 7. The lowest BCUT2D eigenvalue weighted by atomic mass is 10.0. The van der Waals surface area contributed by atoms with Crippen LogP contribution in [0.15, 0.2) is 193 Å². The number of nitrogens with one attached hydrogen (secondary N) is 1. The Bertz CT molecular complexity index is 2850. The molecule has 0 aliphatic heterocycles. The van der Waals surface area contributed by atoms with Crippen LogP contribution >= 0.6 is 0 Å². The Balaban J connectivity index is 0.000000287. The molecule has 0 aliphatic carbocycles. The van der Waals surface area contributed by atoms with Crippen LogP contribution in [0.3, 0.4) is 0 Å². The number of nitrogens with zero attached hydrogens (tertiary/aromatic N) is 3. The molecule has 0 aliphatic rings. The maximum Gasteiger partial charge on any atom is 0.229 e. The first-order valence-electron chi connectivity index (χ1n) is 18.4. The van der Waals surface area contributed by atoms with Crippen molar-refractivity contribution in [3.05, 3.63) is 199 Å². The summed E-state index contributed by atoms with van der Waals surface area (Å²) in [6, 6.07) is 62.6. The fourth-order valence-corrected chi connectivity index (χ4v) is 7.23. The van der Waals surface area contributed by atoms with E-state index in [1.807, 2.05) is 140 Å². The molecule has 7 nitrogen and oxygen atoms in total. The Morgan fingerprint density at radius 2 is 0.982 bits per heavy atom. The molecule has 2 heterocycles.